The monoisotopic (exact) mass is 747 g/mol. The average molecular weight is 748 g/mol. The fraction of sp³-hybridized carbons (Fsp3) is 0.692. The lowest BCUT2D eigenvalue weighted by Gasteiger charge is -2.27. The first-order valence-electron chi connectivity index (χ1n) is 19.0. The van der Waals surface area contributed by atoms with Crippen molar-refractivity contribution in [3.05, 3.63) is 35.9 Å². The number of hydrogen-bond donors (Lipinski definition) is 5. The number of methoxy groups -OCH3 is 1. The molecule has 0 aromatic heterocycles. The Labute approximate surface area is 316 Å². The van der Waals surface area contributed by atoms with Crippen LogP contribution in [0.15, 0.2) is 30.3 Å². The fourth-order valence-corrected chi connectivity index (χ4v) is 5.36. The Balaban J connectivity index is 2.88. The molecule has 1 aromatic carbocycles. The maximum atomic E-state index is 13.7. The van der Waals surface area contributed by atoms with Crippen molar-refractivity contribution in [1.82, 2.24) is 26.6 Å². The topological polar surface area (TPSA) is 190 Å². The van der Waals surface area contributed by atoms with E-state index in [1.54, 1.807) is 34.6 Å². The van der Waals surface area contributed by atoms with Gasteiger partial charge in [0.2, 0.25) is 17.7 Å². The number of amides is 5. The number of esters is 1. The minimum Gasteiger partial charge on any atom is -0.469 e. The minimum atomic E-state index is -1.06. The van der Waals surface area contributed by atoms with E-state index >= 15 is 0 Å². The number of rotatable bonds is 25. The number of benzene rings is 1. The third-order valence-corrected chi connectivity index (χ3v) is 8.24. The first-order valence-corrected chi connectivity index (χ1v) is 19.0. The number of carbonyl (C=O) groups excluding carboxylic acids is 6. The lowest BCUT2D eigenvalue weighted by Crippen LogP contribution is -2.57. The van der Waals surface area contributed by atoms with Gasteiger partial charge in [-0.1, -0.05) is 96.0 Å². The Hall–Kier alpha value is -4.36. The van der Waals surface area contributed by atoms with E-state index in [0.717, 1.165) is 31.2 Å². The van der Waals surface area contributed by atoms with Crippen molar-refractivity contribution in [2.24, 2.45) is 5.92 Å². The molecule has 14 nitrogen and oxygen atoms in total. The van der Waals surface area contributed by atoms with Crippen molar-refractivity contribution in [1.29, 1.82) is 0 Å². The van der Waals surface area contributed by atoms with Crippen LogP contribution < -0.4 is 26.6 Å². The van der Waals surface area contributed by atoms with Gasteiger partial charge in [-0.2, -0.15) is 0 Å². The molecule has 0 saturated carbocycles. The highest BCUT2D eigenvalue weighted by Crippen LogP contribution is 2.14. The summed E-state index contributed by atoms with van der Waals surface area (Å²) in [5.41, 5.74) is 0.0931. The number of ether oxygens (including phenoxy) is 3. The third kappa shape index (κ3) is 23.0. The number of unbranched alkanes of at least 4 members (excludes halogenated alkanes) is 7. The Morgan fingerprint density at radius 1 is 0.736 bits per heavy atom. The SMILES string of the molecule is CCCCCCCCC[C@@H](CC(=O)OC)NC(=O)[C@@H](NC(=O)[C@H](CCCCNC(=O)OCc1ccccc1)NC(=O)CNC(=O)OC(C)(C)C)C(C)C. The van der Waals surface area contributed by atoms with Crippen LogP contribution >= 0.6 is 0 Å². The highest BCUT2D eigenvalue weighted by atomic mass is 16.6. The number of alkyl carbamates (subject to hydrolysis) is 2. The zero-order valence-corrected chi connectivity index (χ0v) is 33.0. The molecular weight excluding hydrogens is 682 g/mol. The van der Waals surface area contributed by atoms with Crippen molar-refractivity contribution in [3.63, 3.8) is 0 Å². The largest absolute Gasteiger partial charge is 0.469 e. The minimum absolute atomic E-state index is 0.00794. The van der Waals surface area contributed by atoms with Crippen LogP contribution in [0.2, 0.25) is 0 Å². The smallest absolute Gasteiger partial charge is 0.408 e. The lowest BCUT2D eigenvalue weighted by atomic mass is 9.99. The molecule has 1 rings (SSSR count). The van der Waals surface area contributed by atoms with Gasteiger partial charge in [-0.15, -0.1) is 0 Å². The molecule has 0 unspecified atom stereocenters. The van der Waals surface area contributed by atoms with Gasteiger partial charge in [-0.25, -0.2) is 9.59 Å². The van der Waals surface area contributed by atoms with E-state index in [4.69, 9.17) is 14.2 Å². The van der Waals surface area contributed by atoms with Crippen molar-refractivity contribution in [2.45, 2.75) is 149 Å². The van der Waals surface area contributed by atoms with Crippen molar-refractivity contribution in [2.75, 3.05) is 20.2 Å². The molecule has 14 heteroatoms. The molecule has 3 atom stereocenters. The standard InChI is InChI=1S/C39H65N5O9/c1-8-9-10-11-12-13-17-22-30(25-33(46)51-7)42-36(48)34(28(2)3)44-35(47)31(43-32(45)26-41-38(50)53-39(4,5)6)23-18-19-24-40-37(49)52-27-29-20-15-14-16-21-29/h14-16,20-21,28,30-31,34H,8-13,17-19,22-27H2,1-7H3,(H,40,49)(H,41,50)(H,42,48)(H,43,45)(H,44,47)/t30-,31-,34-/m0/s1. The highest BCUT2D eigenvalue weighted by Gasteiger charge is 2.30. The summed E-state index contributed by atoms with van der Waals surface area (Å²) >= 11 is 0. The molecule has 0 aliphatic rings. The Kier molecular flexibility index (Phi) is 23.3. The maximum absolute atomic E-state index is 13.7. The second kappa shape index (κ2) is 26.4. The normalized spacial score (nSPS) is 12.8. The molecule has 0 fully saturated rings. The van der Waals surface area contributed by atoms with Crippen LogP contribution in [0.3, 0.4) is 0 Å². The van der Waals surface area contributed by atoms with Crippen LogP contribution in [0.5, 0.6) is 0 Å². The van der Waals surface area contributed by atoms with Gasteiger partial charge in [0.05, 0.1) is 13.5 Å². The van der Waals surface area contributed by atoms with Crippen LogP contribution in [0.25, 0.3) is 0 Å². The van der Waals surface area contributed by atoms with E-state index in [-0.39, 0.29) is 31.9 Å². The average Bonchev–Trinajstić information content (AvgIpc) is 3.10. The third-order valence-electron chi connectivity index (χ3n) is 8.24. The van der Waals surface area contributed by atoms with Crippen LogP contribution in [-0.2, 0) is 40.0 Å². The molecule has 0 spiro atoms. The molecule has 1 aromatic rings. The van der Waals surface area contributed by atoms with E-state index < -0.39 is 66.1 Å². The molecule has 0 saturated heterocycles. The van der Waals surface area contributed by atoms with E-state index in [1.165, 1.54) is 26.4 Å². The van der Waals surface area contributed by atoms with Gasteiger partial charge in [-0.3, -0.25) is 19.2 Å². The van der Waals surface area contributed by atoms with Crippen molar-refractivity contribution < 1.29 is 43.0 Å². The van der Waals surface area contributed by atoms with Crippen LogP contribution in [-0.4, -0.2) is 79.8 Å². The number of nitrogens with one attached hydrogen (secondary N) is 5. The van der Waals surface area contributed by atoms with Gasteiger partial charge in [0.1, 0.15) is 30.8 Å². The van der Waals surface area contributed by atoms with Crippen LogP contribution in [0.4, 0.5) is 9.59 Å². The second-order valence-electron chi connectivity index (χ2n) is 14.6. The van der Waals surface area contributed by atoms with Gasteiger partial charge in [0, 0.05) is 12.6 Å². The summed E-state index contributed by atoms with van der Waals surface area (Å²) in [7, 11) is 1.30. The first-order chi connectivity index (χ1) is 25.1. The molecule has 5 N–H and O–H groups in total. The van der Waals surface area contributed by atoms with Gasteiger partial charge in [-0.05, 0) is 57.9 Å². The van der Waals surface area contributed by atoms with Gasteiger partial charge in [0.25, 0.3) is 0 Å². The first kappa shape index (κ1) is 46.7. The summed E-state index contributed by atoms with van der Waals surface area (Å²) in [6.07, 6.45) is 7.93. The maximum Gasteiger partial charge on any atom is 0.408 e. The summed E-state index contributed by atoms with van der Waals surface area (Å²) in [6.45, 7) is 10.8. The molecule has 0 radical (unpaired) electrons. The Morgan fingerprint density at radius 2 is 1.38 bits per heavy atom. The predicted octanol–water partition coefficient (Wildman–Crippen LogP) is 5.42. The van der Waals surface area contributed by atoms with Gasteiger partial charge < -0.3 is 40.8 Å². The van der Waals surface area contributed by atoms with E-state index in [2.05, 4.69) is 33.5 Å². The van der Waals surface area contributed by atoms with E-state index in [9.17, 15) is 28.8 Å². The quantitative estimate of drug-likeness (QED) is 0.0494. The lowest BCUT2D eigenvalue weighted by molar-refractivity contribution is -0.141. The molecule has 0 aliphatic carbocycles. The number of hydrogen-bond acceptors (Lipinski definition) is 9. The zero-order valence-electron chi connectivity index (χ0n) is 33.0. The molecule has 300 valence electrons. The summed E-state index contributed by atoms with van der Waals surface area (Å²) in [5, 5.41) is 13.5. The summed E-state index contributed by atoms with van der Waals surface area (Å²) in [6, 6.07) is 6.79. The van der Waals surface area contributed by atoms with Gasteiger partial charge >= 0.3 is 18.2 Å². The van der Waals surface area contributed by atoms with E-state index in [1.807, 2.05) is 30.3 Å². The van der Waals surface area contributed by atoms with Gasteiger partial charge in [0.15, 0.2) is 0 Å². The molecule has 53 heavy (non-hydrogen) atoms. The molecule has 5 amide bonds. The Bertz CT molecular complexity index is 1250. The van der Waals surface area contributed by atoms with Crippen molar-refractivity contribution >= 4 is 35.9 Å². The summed E-state index contributed by atoms with van der Waals surface area (Å²) in [4.78, 5) is 76.5. The molecule has 0 heterocycles. The van der Waals surface area contributed by atoms with Crippen LogP contribution in [0.1, 0.15) is 124 Å². The predicted molar refractivity (Wildman–Crippen MR) is 203 cm³/mol. The fourth-order valence-electron chi connectivity index (χ4n) is 5.36. The zero-order chi connectivity index (χ0) is 39.6. The second-order valence-corrected chi connectivity index (χ2v) is 14.6. The van der Waals surface area contributed by atoms with Crippen LogP contribution in [0, 0.1) is 5.92 Å². The summed E-state index contributed by atoms with van der Waals surface area (Å²) in [5.74, 6) is -2.42. The molecule has 0 bridgehead atoms. The van der Waals surface area contributed by atoms with Crippen molar-refractivity contribution in [3.8, 4) is 0 Å². The highest BCUT2D eigenvalue weighted by molar-refractivity contribution is 5.93. The molecule has 0 aliphatic heterocycles. The number of carbonyl (C=O) groups is 6. The van der Waals surface area contributed by atoms with E-state index in [0.29, 0.717) is 19.3 Å². The Morgan fingerprint density at radius 3 is 2.00 bits per heavy atom. The molecular formula is C39H65N5O9. The summed E-state index contributed by atoms with van der Waals surface area (Å²) < 4.78 is 15.3.